The fourth-order valence-corrected chi connectivity index (χ4v) is 1.75. The van der Waals surface area contributed by atoms with Crippen molar-refractivity contribution in [1.82, 2.24) is 0 Å². The fraction of sp³-hybridized carbons (Fsp3) is 0.0833. The molecule has 0 amide bonds. The fourth-order valence-electron chi connectivity index (χ4n) is 1.35. The van der Waals surface area contributed by atoms with Gasteiger partial charge in [-0.3, -0.25) is 4.79 Å². The predicted molar refractivity (Wildman–Crippen MR) is 63.0 cm³/mol. The molecule has 1 aromatic carbocycles. The number of ketones is 1. The van der Waals surface area contributed by atoms with E-state index in [-0.39, 0.29) is 16.8 Å². The summed E-state index contributed by atoms with van der Waals surface area (Å²) in [4.78, 5) is 11.9. The molecular weight excluding hydrogens is 266 g/mol. The third-order valence-corrected chi connectivity index (χ3v) is 2.86. The van der Waals surface area contributed by atoms with Crippen LogP contribution in [0.2, 0.25) is 5.22 Å². The van der Waals surface area contributed by atoms with Crippen molar-refractivity contribution in [2.45, 2.75) is 5.38 Å². The summed E-state index contributed by atoms with van der Waals surface area (Å²) in [6.07, 6.45) is 0. The van der Waals surface area contributed by atoms with Crippen LogP contribution in [0.4, 0.5) is 4.39 Å². The van der Waals surface area contributed by atoms with E-state index in [4.69, 9.17) is 27.6 Å². The van der Waals surface area contributed by atoms with Crippen molar-refractivity contribution in [2.24, 2.45) is 0 Å². The van der Waals surface area contributed by atoms with Gasteiger partial charge in [0.25, 0.3) is 0 Å². The van der Waals surface area contributed by atoms with E-state index < -0.39 is 11.2 Å². The van der Waals surface area contributed by atoms with Gasteiger partial charge in [0.1, 0.15) is 11.2 Å². The van der Waals surface area contributed by atoms with E-state index in [1.165, 1.54) is 36.4 Å². The summed E-state index contributed by atoms with van der Waals surface area (Å²) in [5.74, 6) is -0.712. The molecule has 88 valence electrons. The predicted octanol–water partition coefficient (Wildman–Crippen LogP) is 4.23. The van der Waals surface area contributed by atoms with Crippen molar-refractivity contribution in [3.8, 4) is 0 Å². The standard InChI is InChI=1S/C12H7Cl2FO2/c13-10-6-5-9(17-10)12(16)11(14)7-1-3-8(15)4-2-7/h1-6,11H. The van der Waals surface area contributed by atoms with Crippen LogP contribution in [0, 0.1) is 5.82 Å². The molecule has 1 heterocycles. The van der Waals surface area contributed by atoms with Crippen LogP contribution >= 0.6 is 23.2 Å². The molecule has 0 radical (unpaired) electrons. The molecule has 1 atom stereocenters. The number of rotatable bonds is 3. The van der Waals surface area contributed by atoms with Gasteiger partial charge in [0.05, 0.1) is 0 Å². The second kappa shape index (κ2) is 4.90. The Kier molecular flexibility index (Phi) is 3.50. The maximum atomic E-state index is 12.7. The highest BCUT2D eigenvalue weighted by atomic mass is 35.5. The van der Waals surface area contributed by atoms with Gasteiger partial charge in [-0.25, -0.2) is 4.39 Å². The minimum absolute atomic E-state index is 0.0827. The van der Waals surface area contributed by atoms with Crippen LogP contribution < -0.4 is 0 Å². The monoisotopic (exact) mass is 272 g/mol. The van der Waals surface area contributed by atoms with E-state index >= 15 is 0 Å². The average Bonchev–Trinajstić information content (AvgIpc) is 2.75. The Hall–Kier alpha value is -1.32. The molecule has 0 spiro atoms. The minimum Gasteiger partial charge on any atom is -0.442 e. The largest absolute Gasteiger partial charge is 0.442 e. The van der Waals surface area contributed by atoms with E-state index in [1.807, 2.05) is 0 Å². The lowest BCUT2D eigenvalue weighted by atomic mass is 10.1. The molecule has 17 heavy (non-hydrogen) atoms. The molecule has 0 bridgehead atoms. The van der Waals surface area contributed by atoms with Gasteiger partial charge >= 0.3 is 0 Å². The molecule has 2 nitrogen and oxygen atoms in total. The average molecular weight is 273 g/mol. The van der Waals surface area contributed by atoms with Gasteiger partial charge in [0.2, 0.25) is 5.78 Å². The van der Waals surface area contributed by atoms with E-state index in [2.05, 4.69) is 0 Å². The number of carbonyl (C=O) groups excluding carboxylic acids is 1. The maximum absolute atomic E-state index is 12.7. The highest BCUT2D eigenvalue weighted by Gasteiger charge is 2.22. The third-order valence-electron chi connectivity index (χ3n) is 2.21. The van der Waals surface area contributed by atoms with Crippen molar-refractivity contribution < 1.29 is 13.6 Å². The highest BCUT2D eigenvalue weighted by molar-refractivity contribution is 6.34. The summed E-state index contributed by atoms with van der Waals surface area (Å²) in [7, 11) is 0. The zero-order chi connectivity index (χ0) is 12.4. The number of Topliss-reactive ketones (excluding diaryl/α,β-unsaturated/α-hetero) is 1. The summed E-state index contributed by atoms with van der Waals surface area (Å²) < 4.78 is 17.7. The van der Waals surface area contributed by atoms with Gasteiger partial charge < -0.3 is 4.42 Å². The maximum Gasteiger partial charge on any atom is 0.220 e. The smallest absolute Gasteiger partial charge is 0.220 e. The number of hydrogen-bond donors (Lipinski definition) is 0. The lowest BCUT2D eigenvalue weighted by Crippen LogP contribution is -2.06. The first kappa shape index (κ1) is 12.1. The van der Waals surface area contributed by atoms with Crippen LogP contribution in [0.25, 0.3) is 0 Å². The van der Waals surface area contributed by atoms with E-state index in [1.54, 1.807) is 0 Å². The number of furan rings is 1. The van der Waals surface area contributed by atoms with Gasteiger partial charge in [-0.15, -0.1) is 11.6 Å². The SMILES string of the molecule is O=C(c1ccc(Cl)o1)C(Cl)c1ccc(F)cc1. The summed E-state index contributed by atoms with van der Waals surface area (Å²) in [6.45, 7) is 0. The van der Waals surface area contributed by atoms with Crippen LogP contribution in [0.1, 0.15) is 21.5 Å². The van der Waals surface area contributed by atoms with Crippen molar-refractivity contribution >= 4 is 29.0 Å². The molecule has 1 unspecified atom stereocenters. The van der Waals surface area contributed by atoms with Crippen LogP contribution in [0.3, 0.4) is 0 Å². The Morgan fingerprint density at radius 3 is 2.35 bits per heavy atom. The Morgan fingerprint density at radius 2 is 1.82 bits per heavy atom. The summed E-state index contributed by atoms with van der Waals surface area (Å²) in [5.41, 5.74) is 0.505. The zero-order valence-electron chi connectivity index (χ0n) is 8.49. The molecule has 1 aromatic heterocycles. The Labute approximate surface area is 107 Å². The number of hydrogen-bond acceptors (Lipinski definition) is 2. The molecule has 5 heteroatoms. The Bertz CT molecular complexity index is 534. The van der Waals surface area contributed by atoms with Gasteiger partial charge in [0.15, 0.2) is 11.0 Å². The molecule has 0 fully saturated rings. The molecule has 0 aliphatic heterocycles. The Morgan fingerprint density at radius 1 is 1.18 bits per heavy atom. The first-order valence-electron chi connectivity index (χ1n) is 4.77. The number of carbonyl (C=O) groups is 1. The van der Waals surface area contributed by atoms with E-state index in [0.717, 1.165) is 0 Å². The van der Waals surface area contributed by atoms with Crippen molar-refractivity contribution in [3.05, 3.63) is 58.8 Å². The summed E-state index contributed by atoms with van der Waals surface area (Å²) >= 11 is 11.5. The van der Waals surface area contributed by atoms with Crippen LogP contribution in [-0.2, 0) is 0 Å². The quantitative estimate of drug-likeness (QED) is 0.618. The van der Waals surface area contributed by atoms with Gasteiger partial charge in [-0.1, -0.05) is 12.1 Å². The number of benzene rings is 1. The Balaban J connectivity index is 2.23. The molecule has 0 aliphatic rings. The van der Waals surface area contributed by atoms with Crippen LogP contribution in [-0.4, -0.2) is 5.78 Å². The van der Waals surface area contributed by atoms with Crippen LogP contribution in [0.5, 0.6) is 0 Å². The zero-order valence-corrected chi connectivity index (χ0v) is 10.0. The van der Waals surface area contributed by atoms with E-state index in [0.29, 0.717) is 5.56 Å². The van der Waals surface area contributed by atoms with Gasteiger partial charge in [0, 0.05) is 0 Å². The number of alkyl halides is 1. The molecule has 0 aliphatic carbocycles. The topological polar surface area (TPSA) is 30.2 Å². The van der Waals surface area contributed by atoms with Crippen molar-refractivity contribution in [2.75, 3.05) is 0 Å². The van der Waals surface area contributed by atoms with Crippen molar-refractivity contribution in [3.63, 3.8) is 0 Å². The number of halogens is 3. The van der Waals surface area contributed by atoms with Crippen molar-refractivity contribution in [1.29, 1.82) is 0 Å². The molecular formula is C12H7Cl2FO2. The highest BCUT2D eigenvalue weighted by Crippen LogP contribution is 2.26. The molecule has 0 saturated carbocycles. The third kappa shape index (κ3) is 2.68. The molecule has 0 N–H and O–H groups in total. The first-order valence-corrected chi connectivity index (χ1v) is 5.58. The first-order chi connectivity index (χ1) is 8.08. The normalized spacial score (nSPS) is 12.4. The summed E-state index contributed by atoms with van der Waals surface area (Å²) in [5, 5.41) is -0.797. The second-order valence-corrected chi connectivity index (χ2v) is 4.19. The van der Waals surface area contributed by atoms with Crippen LogP contribution in [0.15, 0.2) is 40.8 Å². The lowest BCUT2D eigenvalue weighted by molar-refractivity contribution is 0.0960. The van der Waals surface area contributed by atoms with Gasteiger partial charge in [-0.05, 0) is 41.4 Å². The summed E-state index contributed by atoms with van der Waals surface area (Å²) in [6, 6.07) is 8.30. The minimum atomic E-state index is -0.919. The van der Waals surface area contributed by atoms with E-state index in [9.17, 15) is 9.18 Å². The lowest BCUT2D eigenvalue weighted by Gasteiger charge is -2.06. The van der Waals surface area contributed by atoms with Gasteiger partial charge in [-0.2, -0.15) is 0 Å². The second-order valence-electron chi connectivity index (χ2n) is 3.38. The molecule has 2 aromatic rings. The molecule has 2 rings (SSSR count). The molecule has 0 saturated heterocycles.